The minimum atomic E-state index is -2.09. The number of aryl methyl sites for hydroxylation is 2. The summed E-state index contributed by atoms with van der Waals surface area (Å²) in [5.41, 5.74) is 2.44. The predicted octanol–water partition coefficient (Wildman–Crippen LogP) is 5.37. The third-order valence-electron chi connectivity index (χ3n) is 3.83. The molecule has 0 fully saturated rings. The smallest absolute Gasteiger partial charge is 0.398 e. The summed E-state index contributed by atoms with van der Waals surface area (Å²) < 4.78 is 12.7. The van der Waals surface area contributed by atoms with Crippen LogP contribution in [0.15, 0.2) is 18.2 Å². The highest BCUT2D eigenvalue weighted by atomic mass is 28.4. The van der Waals surface area contributed by atoms with E-state index in [0.29, 0.717) is 0 Å². The van der Waals surface area contributed by atoms with Crippen LogP contribution in [0.3, 0.4) is 0 Å². The molecule has 0 spiro atoms. The van der Waals surface area contributed by atoms with Gasteiger partial charge in [0.25, 0.3) is 0 Å². The van der Waals surface area contributed by atoms with Gasteiger partial charge in [0, 0.05) is 6.61 Å². The van der Waals surface area contributed by atoms with Crippen molar-refractivity contribution in [3.8, 4) is 5.75 Å². The van der Waals surface area contributed by atoms with E-state index in [1.807, 2.05) is 0 Å². The number of hydrogen-bond donors (Lipinski definition) is 0. The van der Waals surface area contributed by atoms with Crippen LogP contribution in [-0.4, -0.2) is 15.2 Å². The van der Waals surface area contributed by atoms with Crippen LogP contribution in [0.2, 0.25) is 12.1 Å². The van der Waals surface area contributed by atoms with E-state index in [1.54, 1.807) is 0 Å². The highest BCUT2D eigenvalue weighted by Gasteiger charge is 2.36. The van der Waals surface area contributed by atoms with E-state index in [1.165, 1.54) is 24.0 Å². The lowest BCUT2D eigenvalue weighted by atomic mass is 10.1. The van der Waals surface area contributed by atoms with Crippen LogP contribution >= 0.6 is 0 Å². The summed E-state index contributed by atoms with van der Waals surface area (Å²) in [5, 5.41) is 0. The summed E-state index contributed by atoms with van der Waals surface area (Å²) in [6, 6.07) is 8.40. The Labute approximate surface area is 125 Å². The monoisotopic (exact) mass is 294 g/mol. The maximum absolute atomic E-state index is 6.41. The van der Waals surface area contributed by atoms with Crippen molar-refractivity contribution in [3.63, 3.8) is 0 Å². The van der Waals surface area contributed by atoms with Crippen LogP contribution in [-0.2, 0) is 4.43 Å². The molecule has 0 heterocycles. The van der Waals surface area contributed by atoms with Crippen molar-refractivity contribution in [1.29, 1.82) is 0 Å². The Kier molecular flexibility index (Phi) is 7.31. The van der Waals surface area contributed by atoms with Crippen molar-refractivity contribution in [2.24, 2.45) is 0 Å². The second-order valence-electron chi connectivity index (χ2n) is 5.54. The number of rotatable bonds is 9. The summed E-state index contributed by atoms with van der Waals surface area (Å²) >= 11 is 0. The molecule has 0 aliphatic carbocycles. The van der Waals surface area contributed by atoms with E-state index in [-0.39, 0.29) is 0 Å². The topological polar surface area (TPSA) is 18.5 Å². The quantitative estimate of drug-likeness (QED) is 0.450. The molecule has 0 N–H and O–H groups in total. The van der Waals surface area contributed by atoms with E-state index in [2.05, 4.69) is 52.8 Å². The molecular weight excluding hydrogens is 264 g/mol. The Morgan fingerprint density at radius 2 is 1.70 bits per heavy atom. The van der Waals surface area contributed by atoms with E-state index < -0.39 is 8.56 Å². The maximum Gasteiger partial charge on any atom is 0.398 e. The Bertz CT molecular complexity index is 400. The lowest BCUT2D eigenvalue weighted by Crippen LogP contribution is -2.44. The average molecular weight is 295 g/mol. The zero-order valence-electron chi connectivity index (χ0n) is 13.8. The fourth-order valence-corrected chi connectivity index (χ4v) is 4.65. The van der Waals surface area contributed by atoms with Gasteiger partial charge in [0.05, 0.1) is 0 Å². The molecular formula is C17H30O2Si. The molecule has 0 unspecified atom stereocenters. The highest BCUT2D eigenvalue weighted by molar-refractivity contribution is 6.68. The predicted molar refractivity (Wildman–Crippen MR) is 88.7 cm³/mol. The highest BCUT2D eigenvalue weighted by Crippen LogP contribution is 2.27. The maximum atomic E-state index is 6.41. The third-order valence-corrected chi connectivity index (χ3v) is 7.31. The molecule has 0 aliphatic rings. The van der Waals surface area contributed by atoms with Crippen LogP contribution < -0.4 is 4.43 Å². The van der Waals surface area contributed by atoms with Gasteiger partial charge < -0.3 is 8.85 Å². The summed E-state index contributed by atoms with van der Waals surface area (Å²) in [7, 11) is -2.09. The van der Waals surface area contributed by atoms with Gasteiger partial charge in [-0.2, -0.15) is 0 Å². The van der Waals surface area contributed by atoms with Gasteiger partial charge in [-0.25, -0.2) is 0 Å². The zero-order valence-corrected chi connectivity index (χ0v) is 14.8. The van der Waals surface area contributed by atoms with Gasteiger partial charge in [-0.15, -0.1) is 0 Å². The van der Waals surface area contributed by atoms with Crippen molar-refractivity contribution in [1.82, 2.24) is 0 Å². The standard InChI is InChI=1S/C17H30O2Si/c1-6-9-10-13-18-20(7-2,8-3)19-17-14-15(4)11-12-16(17)5/h11-12,14H,6-10,13H2,1-5H3. The molecule has 0 atom stereocenters. The fraction of sp³-hybridized carbons (Fsp3) is 0.647. The van der Waals surface area contributed by atoms with E-state index in [0.717, 1.165) is 30.9 Å². The molecule has 0 aliphatic heterocycles. The van der Waals surface area contributed by atoms with Gasteiger partial charge in [0.1, 0.15) is 5.75 Å². The molecule has 1 aromatic carbocycles. The van der Waals surface area contributed by atoms with Gasteiger partial charge >= 0.3 is 8.56 Å². The minimum Gasteiger partial charge on any atom is -0.520 e. The lowest BCUT2D eigenvalue weighted by Gasteiger charge is -2.30. The second-order valence-corrected chi connectivity index (χ2v) is 9.27. The number of benzene rings is 1. The first kappa shape index (κ1) is 17.2. The first-order valence-electron chi connectivity index (χ1n) is 7.97. The van der Waals surface area contributed by atoms with Crippen molar-refractivity contribution >= 4 is 8.56 Å². The van der Waals surface area contributed by atoms with E-state index >= 15 is 0 Å². The average Bonchev–Trinajstić information content (AvgIpc) is 2.46. The molecule has 1 aromatic rings. The Morgan fingerprint density at radius 3 is 2.30 bits per heavy atom. The van der Waals surface area contributed by atoms with E-state index in [4.69, 9.17) is 8.85 Å². The Hall–Kier alpha value is -0.803. The summed E-state index contributed by atoms with van der Waals surface area (Å²) in [4.78, 5) is 0. The molecule has 0 saturated carbocycles. The Balaban J connectivity index is 2.76. The van der Waals surface area contributed by atoms with Crippen LogP contribution in [0.5, 0.6) is 5.75 Å². The summed E-state index contributed by atoms with van der Waals surface area (Å²) in [6.07, 6.45) is 3.61. The Morgan fingerprint density at radius 1 is 1.00 bits per heavy atom. The molecule has 20 heavy (non-hydrogen) atoms. The lowest BCUT2D eigenvalue weighted by molar-refractivity contribution is 0.231. The summed E-state index contributed by atoms with van der Waals surface area (Å²) in [5.74, 6) is 1.01. The van der Waals surface area contributed by atoms with Crippen LogP contribution in [0.4, 0.5) is 0 Å². The van der Waals surface area contributed by atoms with Crippen molar-refractivity contribution < 1.29 is 8.85 Å². The van der Waals surface area contributed by atoms with Crippen molar-refractivity contribution in [2.45, 2.75) is 66.0 Å². The van der Waals surface area contributed by atoms with Crippen LogP contribution in [0.1, 0.15) is 51.2 Å². The second kappa shape index (κ2) is 8.48. The molecule has 1 rings (SSSR count). The van der Waals surface area contributed by atoms with Gasteiger partial charge in [0.2, 0.25) is 0 Å². The van der Waals surface area contributed by atoms with Gasteiger partial charge in [-0.1, -0.05) is 45.7 Å². The van der Waals surface area contributed by atoms with Gasteiger partial charge in [-0.05, 0) is 49.5 Å². The molecule has 2 nitrogen and oxygen atoms in total. The fourth-order valence-electron chi connectivity index (χ4n) is 2.26. The molecule has 0 bridgehead atoms. The first-order valence-corrected chi connectivity index (χ1v) is 10.2. The molecule has 114 valence electrons. The number of unbranched alkanes of at least 4 members (excludes halogenated alkanes) is 2. The molecule has 3 heteroatoms. The normalized spacial score (nSPS) is 11.7. The molecule has 0 radical (unpaired) electrons. The van der Waals surface area contributed by atoms with Crippen molar-refractivity contribution in [3.05, 3.63) is 29.3 Å². The largest absolute Gasteiger partial charge is 0.520 e. The minimum absolute atomic E-state index is 0.840. The third kappa shape index (κ3) is 4.95. The molecule has 0 amide bonds. The SMILES string of the molecule is CCCCCO[Si](CC)(CC)Oc1cc(C)ccc1C. The van der Waals surface area contributed by atoms with Crippen LogP contribution in [0.25, 0.3) is 0 Å². The van der Waals surface area contributed by atoms with Crippen LogP contribution in [0, 0.1) is 13.8 Å². The van der Waals surface area contributed by atoms with Crippen molar-refractivity contribution in [2.75, 3.05) is 6.61 Å². The summed E-state index contributed by atoms with van der Waals surface area (Å²) in [6.45, 7) is 11.7. The first-order chi connectivity index (χ1) is 9.56. The van der Waals surface area contributed by atoms with Gasteiger partial charge in [-0.3, -0.25) is 0 Å². The molecule has 0 saturated heterocycles. The van der Waals surface area contributed by atoms with Gasteiger partial charge in [0.15, 0.2) is 0 Å². The number of hydrogen-bond acceptors (Lipinski definition) is 2. The van der Waals surface area contributed by atoms with E-state index in [9.17, 15) is 0 Å². The molecule has 0 aromatic heterocycles. The zero-order chi connectivity index (χ0) is 15.0.